The first-order valence-electron chi connectivity index (χ1n) is 4.92. The van der Waals surface area contributed by atoms with Gasteiger partial charge >= 0.3 is 0 Å². The molecule has 0 aliphatic carbocycles. The first kappa shape index (κ1) is 9.62. The van der Waals surface area contributed by atoms with Gasteiger partial charge in [-0.1, -0.05) is 6.07 Å². The van der Waals surface area contributed by atoms with Crippen LogP contribution >= 0.6 is 0 Å². The molecule has 3 nitrogen and oxygen atoms in total. The van der Waals surface area contributed by atoms with E-state index >= 15 is 0 Å². The number of ether oxygens (including phenoxy) is 1. The van der Waals surface area contributed by atoms with Gasteiger partial charge in [-0.3, -0.25) is 4.98 Å². The third-order valence-electron chi connectivity index (χ3n) is 2.93. The number of aryl methyl sites for hydroxylation is 1. The molecule has 2 heterocycles. The molecule has 1 aromatic rings. The molecule has 1 N–H and O–H groups in total. The highest BCUT2D eigenvalue weighted by molar-refractivity contribution is 5.21. The second-order valence-corrected chi connectivity index (χ2v) is 3.93. The van der Waals surface area contributed by atoms with E-state index in [1.54, 1.807) is 7.11 Å². The van der Waals surface area contributed by atoms with Gasteiger partial charge in [0.25, 0.3) is 0 Å². The summed E-state index contributed by atoms with van der Waals surface area (Å²) in [6, 6.07) is 4.06. The number of pyridine rings is 1. The maximum Gasteiger partial charge on any atom is 0.0981 e. The third kappa shape index (κ3) is 1.65. The lowest BCUT2D eigenvalue weighted by molar-refractivity contribution is -0.0509. The molecule has 0 amide bonds. The minimum absolute atomic E-state index is 0.0148. The van der Waals surface area contributed by atoms with Gasteiger partial charge in [-0.25, -0.2) is 0 Å². The summed E-state index contributed by atoms with van der Waals surface area (Å²) in [5.41, 5.74) is 2.38. The first-order chi connectivity index (χ1) is 6.76. The quantitative estimate of drug-likeness (QED) is 0.773. The van der Waals surface area contributed by atoms with Crippen molar-refractivity contribution < 1.29 is 4.74 Å². The SMILES string of the molecule is COC1(Cc2ncccc2C)CNC1. The van der Waals surface area contributed by atoms with E-state index in [2.05, 4.69) is 23.3 Å². The van der Waals surface area contributed by atoms with Gasteiger partial charge in [0.05, 0.1) is 5.60 Å². The van der Waals surface area contributed by atoms with E-state index in [0.29, 0.717) is 0 Å². The number of nitrogens with zero attached hydrogens (tertiary/aromatic N) is 1. The Morgan fingerprint density at radius 1 is 1.57 bits per heavy atom. The van der Waals surface area contributed by atoms with Crippen molar-refractivity contribution >= 4 is 0 Å². The fourth-order valence-corrected chi connectivity index (χ4v) is 1.75. The first-order valence-corrected chi connectivity index (χ1v) is 4.92. The van der Waals surface area contributed by atoms with Crippen molar-refractivity contribution in [2.45, 2.75) is 18.9 Å². The number of aromatic nitrogens is 1. The number of hydrogen-bond acceptors (Lipinski definition) is 3. The molecule has 1 aliphatic heterocycles. The van der Waals surface area contributed by atoms with Crippen LogP contribution in [0.1, 0.15) is 11.3 Å². The van der Waals surface area contributed by atoms with Crippen LogP contribution in [0, 0.1) is 6.92 Å². The van der Waals surface area contributed by atoms with Gasteiger partial charge < -0.3 is 10.1 Å². The average molecular weight is 192 g/mol. The van der Waals surface area contributed by atoms with E-state index < -0.39 is 0 Å². The van der Waals surface area contributed by atoms with E-state index in [1.165, 1.54) is 5.56 Å². The van der Waals surface area contributed by atoms with Crippen LogP contribution in [0.5, 0.6) is 0 Å². The van der Waals surface area contributed by atoms with Gasteiger partial charge in [0.1, 0.15) is 0 Å². The Morgan fingerprint density at radius 3 is 2.86 bits per heavy atom. The van der Waals surface area contributed by atoms with Crippen molar-refractivity contribution in [2.75, 3.05) is 20.2 Å². The van der Waals surface area contributed by atoms with Crippen LogP contribution in [0.4, 0.5) is 0 Å². The van der Waals surface area contributed by atoms with Crippen molar-refractivity contribution in [3.63, 3.8) is 0 Å². The molecule has 3 heteroatoms. The lowest BCUT2D eigenvalue weighted by atomic mass is 9.89. The Balaban J connectivity index is 2.13. The number of nitrogens with one attached hydrogen (secondary N) is 1. The minimum atomic E-state index is -0.0148. The van der Waals surface area contributed by atoms with Crippen LogP contribution in [0.3, 0.4) is 0 Å². The van der Waals surface area contributed by atoms with Crippen molar-refractivity contribution in [1.29, 1.82) is 0 Å². The monoisotopic (exact) mass is 192 g/mol. The molecule has 0 unspecified atom stereocenters. The summed E-state index contributed by atoms with van der Waals surface area (Å²) in [7, 11) is 1.78. The summed E-state index contributed by atoms with van der Waals surface area (Å²) >= 11 is 0. The van der Waals surface area contributed by atoms with Crippen LogP contribution in [-0.4, -0.2) is 30.8 Å². The van der Waals surface area contributed by atoms with Crippen LogP contribution in [0.25, 0.3) is 0 Å². The Bertz CT molecular complexity index is 315. The maximum atomic E-state index is 5.53. The van der Waals surface area contributed by atoms with E-state index in [-0.39, 0.29) is 5.60 Å². The summed E-state index contributed by atoms with van der Waals surface area (Å²) in [6.07, 6.45) is 2.75. The van der Waals surface area contributed by atoms with Crippen LogP contribution in [0.15, 0.2) is 18.3 Å². The molecule has 0 aromatic carbocycles. The third-order valence-corrected chi connectivity index (χ3v) is 2.93. The molecule has 2 rings (SSSR count). The standard InChI is InChI=1S/C11H16N2O/c1-9-4-3-5-13-10(9)6-11(14-2)7-12-8-11/h3-5,12H,6-8H2,1-2H3. The predicted molar refractivity (Wildman–Crippen MR) is 55.3 cm³/mol. The highest BCUT2D eigenvalue weighted by Crippen LogP contribution is 2.21. The zero-order valence-corrected chi connectivity index (χ0v) is 8.71. The average Bonchev–Trinajstić information content (AvgIpc) is 2.14. The molecule has 1 fully saturated rings. The van der Waals surface area contributed by atoms with Crippen LogP contribution in [0.2, 0.25) is 0 Å². The molecule has 1 saturated heterocycles. The molecular weight excluding hydrogens is 176 g/mol. The lowest BCUT2D eigenvalue weighted by Crippen LogP contribution is -2.62. The van der Waals surface area contributed by atoms with E-state index in [1.807, 2.05) is 12.3 Å². The highest BCUT2D eigenvalue weighted by atomic mass is 16.5. The molecule has 0 spiro atoms. The molecule has 1 aliphatic rings. The van der Waals surface area contributed by atoms with Crippen LogP contribution in [-0.2, 0) is 11.2 Å². The fraction of sp³-hybridized carbons (Fsp3) is 0.545. The summed E-state index contributed by atoms with van der Waals surface area (Å²) in [6.45, 7) is 3.96. The molecule has 76 valence electrons. The summed E-state index contributed by atoms with van der Waals surface area (Å²) < 4.78 is 5.53. The zero-order chi connectivity index (χ0) is 10.0. The summed E-state index contributed by atoms with van der Waals surface area (Å²) in [5, 5.41) is 3.24. The molecule has 0 bridgehead atoms. The highest BCUT2D eigenvalue weighted by Gasteiger charge is 2.37. The topological polar surface area (TPSA) is 34.1 Å². The van der Waals surface area contributed by atoms with E-state index in [9.17, 15) is 0 Å². The largest absolute Gasteiger partial charge is 0.375 e. The van der Waals surface area contributed by atoms with Crippen molar-refractivity contribution in [3.8, 4) is 0 Å². The smallest absolute Gasteiger partial charge is 0.0981 e. The Hall–Kier alpha value is -0.930. The van der Waals surface area contributed by atoms with Gasteiger partial charge in [0, 0.05) is 38.5 Å². The fourth-order valence-electron chi connectivity index (χ4n) is 1.75. The molecule has 0 radical (unpaired) electrons. The zero-order valence-electron chi connectivity index (χ0n) is 8.71. The van der Waals surface area contributed by atoms with Gasteiger partial charge in [-0.2, -0.15) is 0 Å². The second-order valence-electron chi connectivity index (χ2n) is 3.93. The molecule has 14 heavy (non-hydrogen) atoms. The van der Waals surface area contributed by atoms with Gasteiger partial charge in [-0.05, 0) is 18.6 Å². The lowest BCUT2D eigenvalue weighted by Gasteiger charge is -2.41. The second kappa shape index (κ2) is 3.67. The maximum absolute atomic E-state index is 5.53. The predicted octanol–water partition coefficient (Wildman–Crippen LogP) is 0.921. The molecular formula is C11H16N2O. The Morgan fingerprint density at radius 2 is 2.36 bits per heavy atom. The van der Waals surface area contributed by atoms with Crippen molar-refractivity contribution in [3.05, 3.63) is 29.6 Å². The minimum Gasteiger partial charge on any atom is -0.375 e. The van der Waals surface area contributed by atoms with Gasteiger partial charge in [0.15, 0.2) is 0 Å². The van der Waals surface area contributed by atoms with Crippen molar-refractivity contribution in [2.24, 2.45) is 0 Å². The van der Waals surface area contributed by atoms with E-state index in [4.69, 9.17) is 4.74 Å². The van der Waals surface area contributed by atoms with Crippen molar-refractivity contribution in [1.82, 2.24) is 10.3 Å². The van der Waals surface area contributed by atoms with Gasteiger partial charge in [0.2, 0.25) is 0 Å². The van der Waals surface area contributed by atoms with Crippen LogP contribution < -0.4 is 5.32 Å². The molecule has 0 saturated carbocycles. The van der Waals surface area contributed by atoms with Gasteiger partial charge in [-0.15, -0.1) is 0 Å². The normalized spacial score (nSPS) is 19.0. The number of hydrogen-bond donors (Lipinski definition) is 1. The summed E-state index contributed by atoms with van der Waals surface area (Å²) in [4.78, 5) is 4.39. The number of methoxy groups -OCH3 is 1. The summed E-state index contributed by atoms with van der Waals surface area (Å²) in [5.74, 6) is 0. The number of rotatable bonds is 3. The van der Waals surface area contributed by atoms with E-state index in [0.717, 1.165) is 25.2 Å². The molecule has 0 atom stereocenters. The Labute approximate surface area is 84.5 Å². The molecule has 1 aromatic heterocycles. The Kier molecular flexibility index (Phi) is 2.52.